The Hall–Kier alpha value is -2.31. The van der Waals surface area contributed by atoms with E-state index < -0.39 is 0 Å². The Morgan fingerprint density at radius 3 is 2.92 bits per heavy atom. The highest BCUT2D eigenvalue weighted by molar-refractivity contribution is 7.12. The molecule has 7 heteroatoms. The number of hydrogen-bond acceptors (Lipinski definition) is 4. The number of aromatic amines is 1. The lowest BCUT2D eigenvalue weighted by Crippen LogP contribution is -2.26. The minimum absolute atomic E-state index is 0.129. The van der Waals surface area contributed by atoms with Crippen molar-refractivity contribution in [2.24, 2.45) is 0 Å². The molecule has 124 valence electrons. The van der Waals surface area contributed by atoms with Crippen molar-refractivity contribution in [1.82, 2.24) is 10.3 Å². The Kier molecular flexibility index (Phi) is 4.87. The van der Waals surface area contributed by atoms with E-state index in [1.165, 1.54) is 11.3 Å². The van der Waals surface area contributed by atoms with Gasteiger partial charge in [-0.3, -0.25) is 9.59 Å². The van der Waals surface area contributed by atoms with Crippen molar-refractivity contribution < 1.29 is 9.53 Å². The van der Waals surface area contributed by atoms with E-state index in [0.29, 0.717) is 39.7 Å². The number of ether oxygens (including phenoxy) is 1. The molecule has 2 N–H and O–H groups in total. The molecule has 24 heavy (non-hydrogen) atoms. The number of carbonyl (C=O) groups excluding carboxylic acids is 1. The van der Waals surface area contributed by atoms with Crippen LogP contribution in [0.1, 0.15) is 15.2 Å². The summed E-state index contributed by atoms with van der Waals surface area (Å²) >= 11 is 7.45. The summed E-state index contributed by atoms with van der Waals surface area (Å²) in [4.78, 5) is 27.5. The Balaban J connectivity index is 1.77. The predicted molar refractivity (Wildman–Crippen MR) is 96.5 cm³/mol. The first-order chi connectivity index (χ1) is 11.6. The van der Waals surface area contributed by atoms with Gasteiger partial charge in [-0.1, -0.05) is 17.7 Å². The lowest BCUT2D eigenvalue weighted by Gasteiger charge is -2.08. The molecule has 0 aliphatic heterocycles. The van der Waals surface area contributed by atoms with E-state index in [0.717, 1.165) is 5.39 Å². The molecule has 0 aliphatic rings. The highest BCUT2D eigenvalue weighted by Gasteiger charge is 2.09. The first-order valence-electron chi connectivity index (χ1n) is 7.29. The zero-order valence-electron chi connectivity index (χ0n) is 12.9. The fourth-order valence-corrected chi connectivity index (χ4v) is 3.28. The van der Waals surface area contributed by atoms with Crippen LogP contribution in [0.3, 0.4) is 0 Å². The molecule has 0 bridgehead atoms. The lowest BCUT2D eigenvalue weighted by molar-refractivity contribution is 0.0958. The van der Waals surface area contributed by atoms with Gasteiger partial charge in [0.15, 0.2) is 0 Å². The number of H-pyrrole nitrogens is 1. The van der Waals surface area contributed by atoms with Crippen LogP contribution in [0.15, 0.2) is 40.5 Å². The van der Waals surface area contributed by atoms with Gasteiger partial charge in [-0.2, -0.15) is 0 Å². The zero-order valence-corrected chi connectivity index (χ0v) is 14.5. The maximum Gasteiger partial charge on any atom is 0.261 e. The van der Waals surface area contributed by atoms with E-state index in [1.807, 2.05) is 11.4 Å². The molecule has 3 aromatic rings. The van der Waals surface area contributed by atoms with Gasteiger partial charge >= 0.3 is 0 Å². The van der Waals surface area contributed by atoms with Crippen molar-refractivity contribution >= 4 is 39.7 Å². The summed E-state index contributed by atoms with van der Waals surface area (Å²) in [6, 6.07) is 8.83. The number of hydrogen-bond donors (Lipinski definition) is 2. The summed E-state index contributed by atoms with van der Waals surface area (Å²) in [6.45, 7) is 0.385. The van der Waals surface area contributed by atoms with Crippen LogP contribution in [-0.2, 0) is 6.42 Å². The summed E-state index contributed by atoms with van der Waals surface area (Å²) in [5.74, 6) is 0.420. The molecule has 0 spiro atoms. The standard InChI is InChI=1S/C17H15ClN2O3S/c1-23-14-8-11-7-10(16(21)20-13(11)9-12(14)18)4-5-19-17(22)15-3-2-6-24-15/h2-3,6-9H,4-5H2,1H3,(H,19,22)(H,20,21). The maximum absolute atomic E-state index is 12.2. The number of halogens is 1. The number of carbonyl (C=O) groups is 1. The minimum atomic E-state index is -0.186. The highest BCUT2D eigenvalue weighted by atomic mass is 35.5. The largest absolute Gasteiger partial charge is 0.495 e. The second-order valence-corrected chi connectivity index (χ2v) is 6.54. The van der Waals surface area contributed by atoms with Gasteiger partial charge in [-0.15, -0.1) is 11.3 Å². The number of aromatic nitrogens is 1. The number of fused-ring (bicyclic) bond motifs is 1. The van der Waals surface area contributed by atoms with Crippen LogP contribution in [0.5, 0.6) is 5.75 Å². The zero-order chi connectivity index (χ0) is 17.1. The molecule has 2 aromatic heterocycles. The molecule has 2 heterocycles. The molecule has 0 atom stereocenters. The highest BCUT2D eigenvalue weighted by Crippen LogP contribution is 2.28. The second kappa shape index (κ2) is 7.07. The third-order valence-electron chi connectivity index (χ3n) is 3.62. The van der Waals surface area contributed by atoms with Crippen LogP contribution in [0.25, 0.3) is 10.9 Å². The molecule has 0 radical (unpaired) electrons. The van der Waals surface area contributed by atoms with E-state index in [4.69, 9.17) is 16.3 Å². The molecular weight excluding hydrogens is 348 g/mol. The molecule has 1 amide bonds. The molecule has 5 nitrogen and oxygen atoms in total. The van der Waals surface area contributed by atoms with Gasteiger partial charge in [0.25, 0.3) is 11.5 Å². The van der Waals surface area contributed by atoms with Crippen molar-refractivity contribution in [3.05, 3.63) is 61.5 Å². The number of nitrogens with one attached hydrogen (secondary N) is 2. The van der Waals surface area contributed by atoms with Crippen LogP contribution in [0.2, 0.25) is 5.02 Å². The summed E-state index contributed by atoms with van der Waals surface area (Å²) in [6.07, 6.45) is 0.438. The van der Waals surface area contributed by atoms with Crippen LogP contribution in [0.4, 0.5) is 0 Å². The van der Waals surface area contributed by atoms with E-state index >= 15 is 0 Å². The molecule has 3 rings (SSSR count). The Morgan fingerprint density at radius 1 is 1.38 bits per heavy atom. The number of thiophene rings is 1. The summed E-state index contributed by atoms with van der Waals surface area (Å²) in [7, 11) is 1.54. The second-order valence-electron chi connectivity index (χ2n) is 5.18. The van der Waals surface area contributed by atoms with Gasteiger partial charge in [0.05, 0.1) is 22.5 Å². The molecule has 0 fully saturated rings. The van der Waals surface area contributed by atoms with Crippen molar-refractivity contribution in [3.8, 4) is 5.75 Å². The number of benzene rings is 1. The van der Waals surface area contributed by atoms with Crippen LogP contribution in [-0.4, -0.2) is 24.5 Å². The fraction of sp³-hybridized carbons (Fsp3) is 0.176. The van der Waals surface area contributed by atoms with E-state index in [9.17, 15) is 9.59 Å². The van der Waals surface area contributed by atoms with Gasteiger partial charge < -0.3 is 15.0 Å². The van der Waals surface area contributed by atoms with E-state index in [2.05, 4.69) is 10.3 Å². The SMILES string of the molecule is COc1cc2cc(CCNC(=O)c3cccs3)c(=O)[nH]c2cc1Cl. The average molecular weight is 363 g/mol. The number of pyridine rings is 1. The monoisotopic (exact) mass is 362 g/mol. The maximum atomic E-state index is 12.2. The molecule has 0 aliphatic carbocycles. The van der Waals surface area contributed by atoms with Crippen LogP contribution in [0, 0.1) is 0 Å². The van der Waals surface area contributed by atoms with Crippen molar-refractivity contribution in [2.45, 2.75) is 6.42 Å². The van der Waals surface area contributed by atoms with Crippen molar-refractivity contribution in [3.63, 3.8) is 0 Å². The molecular formula is C17H15ClN2O3S. The van der Waals surface area contributed by atoms with Gasteiger partial charge in [0, 0.05) is 17.5 Å². The number of methoxy groups -OCH3 is 1. The predicted octanol–water partition coefficient (Wildman–Crippen LogP) is 3.22. The summed E-state index contributed by atoms with van der Waals surface area (Å²) < 4.78 is 5.20. The van der Waals surface area contributed by atoms with Gasteiger partial charge in [0.1, 0.15) is 5.75 Å². The minimum Gasteiger partial charge on any atom is -0.495 e. The Labute approximate surface area is 147 Å². The van der Waals surface area contributed by atoms with Gasteiger partial charge in [-0.25, -0.2) is 0 Å². The normalized spacial score (nSPS) is 10.8. The Bertz CT molecular complexity index is 935. The molecule has 0 saturated carbocycles. The average Bonchev–Trinajstić information content (AvgIpc) is 3.09. The lowest BCUT2D eigenvalue weighted by atomic mass is 10.1. The topological polar surface area (TPSA) is 71.2 Å². The summed E-state index contributed by atoms with van der Waals surface area (Å²) in [5, 5.41) is 5.93. The van der Waals surface area contributed by atoms with Gasteiger partial charge in [-0.05, 0) is 36.1 Å². The quantitative estimate of drug-likeness (QED) is 0.732. The van der Waals surface area contributed by atoms with E-state index in [1.54, 1.807) is 31.4 Å². The van der Waals surface area contributed by atoms with Gasteiger partial charge in [0.2, 0.25) is 0 Å². The summed E-state index contributed by atoms with van der Waals surface area (Å²) in [5.41, 5.74) is 1.06. The van der Waals surface area contributed by atoms with Crippen molar-refractivity contribution in [1.29, 1.82) is 0 Å². The third kappa shape index (κ3) is 3.44. The number of amides is 1. The first kappa shape index (κ1) is 16.5. The number of rotatable bonds is 5. The van der Waals surface area contributed by atoms with Crippen LogP contribution < -0.4 is 15.6 Å². The van der Waals surface area contributed by atoms with Crippen molar-refractivity contribution in [2.75, 3.05) is 13.7 Å². The first-order valence-corrected chi connectivity index (χ1v) is 8.55. The smallest absolute Gasteiger partial charge is 0.261 e. The molecule has 0 unspecified atom stereocenters. The van der Waals surface area contributed by atoms with E-state index in [-0.39, 0.29) is 11.5 Å². The third-order valence-corrected chi connectivity index (χ3v) is 4.78. The fourth-order valence-electron chi connectivity index (χ4n) is 2.40. The molecule has 1 aromatic carbocycles. The molecule has 0 saturated heterocycles. The van der Waals surface area contributed by atoms with Crippen LogP contribution >= 0.6 is 22.9 Å². The Morgan fingerprint density at radius 2 is 2.21 bits per heavy atom.